The van der Waals surface area contributed by atoms with Gasteiger partial charge < -0.3 is 10.8 Å². The van der Waals surface area contributed by atoms with Gasteiger partial charge >= 0.3 is 5.97 Å². The second kappa shape index (κ2) is 6.28. The van der Waals surface area contributed by atoms with Gasteiger partial charge in [-0.3, -0.25) is 4.79 Å². The van der Waals surface area contributed by atoms with E-state index < -0.39 is 12.0 Å². The number of nitriles is 1. The van der Waals surface area contributed by atoms with Crippen molar-refractivity contribution in [2.75, 3.05) is 5.75 Å². The van der Waals surface area contributed by atoms with Crippen LogP contribution in [0.3, 0.4) is 0 Å². The van der Waals surface area contributed by atoms with Crippen LogP contribution in [0.5, 0.6) is 0 Å². The number of hydrogen-bond acceptors (Lipinski definition) is 4. The minimum atomic E-state index is -0.978. The second-order valence-electron chi connectivity index (χ2n) is 3.71. The molecular weight excluding hydrogens is 236 g/mol. The molecule has 0 radical (unpaired) electrons. The third-order valence-corrected chi connectivity index (χ3v) is 3.45. The molecule has 1 atom stereocenters. The summed E-state index contributed by atoms with van der Waals surface area (Å²) in [6.45, 7) is 1.94. The largest absolute Gasteiger partial charge is 0.480 e. The monoisotopic (exact) mass is 250 g/mol. The number of nitrogens with two attached hydrogens (primary N) is 1. The Morgan fingerprint density at radius 1 is 1.65 bits per heavy atom. The number of nitrogens with zero attached hydrogens (tertiary/aromatic N) is 1. The average Bonchev–Trinajstić information content (AvgIpc) is 2.30. The van der Waals surface area contributed by atoms with Gasteiger partial charge in [-0.25, -0.2) is 0 Å². The second-order valence-corrected chi connectivity index (χ2v) is 4.74. The van der Waals surface area contributed by atoms with Crippen LogP contribution in [-0.4, -0.2) is 22.9 Å². The Morgan fingerprint density at radius 3 is 2.88 bits per heavy atom. The molecule has 0 spiro atoms. The summed E-state index contributed by atoms with van der Waals surface area (Å²) in [6.07, 6.45) is 0. The van der Waals surface area contributed by atoms with Crippen molar-refractivity contribution in [2.24, 2.45) is 5.73 Å². The summed E-state index contributed by atoms with van der Waals surface area (Å²) in [7, 11) is 0. The molecule has 0 saturated carbocycles. The van der Waals surface area contributed by atoms with Crippen molar-refractivity contribution in [1.29, 1.82) is 5.26 Å². The Kier molecular flexibility index (Phi) is 5.01. The predicted octanol–water partition coefficient (Wildman–Crippen LogP) is 1.51. The number of carbonyl (C=O) groups is 1. The highest BCUT2D eigenvalue weighted by Gasteiger charge is 2.11. The van der Waals surface area contributed by atoms with E-state index >= 15 is 0 Å². The number of carboxylic acids is 1. The van der Waals surface area contributed by atoms with Gasteiger partial charge in [0.05, 0.1) is 11.6 Å². The van der Waals surface area contributed by atoms with Crippen LogP contribution in [0.25, 0.3) is 0 Å². The number of rotatable bonds is 5. The minimum absolute atomic E-state index is 0.384. The standard InChI is InChI=1S/C12H14N2O2S/c1-8-4-9(5-13)2-3-10(8)6-17-7-11(14)12(15)16/h2-4,11H,6-7,14H2,1H3,(H,15,16)/t11-/m0/s1. The fourth-order valence-electron chi connectivity index (χ4n) is 1.29. The highest BCUT2D eigenvalue weighted by atomic mass is 32.2. The molecule has 90 valence electrons. The maximum absolute atomic E-state index is 10.5. The fourth-order valence-corrected chi connectivity index (χ4v) is 2.35. The van der Waals surface area contributed by atoms with Crippen molar-refractivity contribution in [1.82, 2.24) is 0 Å². The highest BCUT2D eigenvalue weighted by molar-refractivity contribution is 7.98. The van der Waals surface area contributed by atoms with Crippen molar-refractivity contribution >= 4 is 17.7 Å². The van der Waals surface area contributed by atoms with Crippen LogP contribution in [0.15, 0.2) is 18.2 Å². The first-order valence-corrected chi connectivity index (χ1v) is 6.26. The first-order valence-electron chi connectivity index (χ1n) is 5.10. The van der Waals surface area contributed by atoms with Crippen LogP contribution in [0.2, 0.25) is 0 Å². The molecule has 17 heavy (non-hydrogen) atoms. The van der Waals surface area contributed by atoms with Crippen molar-refractivity contribution < 1.29 is 9.90 Å². The zero-order valence-corrected chi connectivity index (χ0v) is 10.3. The Bertz CT molecular complexity index is 454. The molecule has 1 aromatic rings. The summed E-state index contributed by atoms with van der Waals surface area (Å²) in [5, 5.41) is 17.4. The fraction of sp³-hybridized carbons (Fsp3) is 0.333. The first-order chi connectivity index (χ1) is 8.04. The molecule has 0 unspecified atom stereocenters. The summed E-state index contributed by atoms with van der Waals surface area (Å²) in [4.78, 5) is 10.5. The van der Waals surface area contributed by atoms with E-state index in [0.29, 0.717) is 17.1 Å². The lowest BCUT2D eigenvalue weighted by Gasteiger charge is -2.08. The molecule has 0 aliphatic carbocycles. The zero-order valence-electron chi connectivity index (χ0n) is 9.51. The number of aryl methyl sites for hydroxylation is 1. The lowest BCUT2D eigenvalue weighted by atomic mass is 10.1. The molecule has 0 amide bonds. The van der Waals surface area contributed by atoms with Gasteiger partial charge in [0.25, 0.3) is 0 Å². The number of carboxylic acid groups (broad SMARTS) is 1. The third kappa shape index (κ3) is 4.10. The van der Waals surface area contributed by atoms with E-state index in [1.54, 1.807) is 6.07 Å². The van der Waals surface area contributed by atoms with Crippen molar-refractivity contribution in [3.05, 3.63) is 34.9 Å². The Hall–Kier alpha value is -1.51. The summed E-state index contributed by atoms with van der Waals surface area (Å²) in [5.41, 5.74) is 8.18. The molecular formula is C12H14N2O2S. The maximum Gasteiger partial charge on any atom is 0.321 e. The molecule has 1 aromatic carbocycles. The quantitative estimate of drug-likeness (QED) is 0.827. The van der Waals surface area contributed by atoms with Gasteiger partial charge in [-0.05, 0) is 30.2 Å². The van der Waals surface area contributed by atoms with Crippen LogP contribution in [-0.2, 0) is 10.5 Å². The van der Waals surface area contributed by atoms with Crippen LogP contribution in [0.1, 0.15) is 16.7 Å². The molecule has 0 aliphatic heterocycles. The molecule has 1 rings (SSSR count). The van der Waals surface area contributed by atoms with Crippen LogP contribution < -0.4 is 5.73 Å². The molecule has 0 aromatic heterocycles. The molecule has 0 saturated heterocycles. The number of thioether (sulfide) groups is 1. The normalized spacial score (nSPS) is 11.8. The molecule has 0 heterocycles. The molecule has 3 N–H and O–H groups in total. The summed E-state index contributed by atoms with van der Waals surface area (Å²) >= 11 is 1.48. The van der Waals surface area contributed by atoms with Gasteiger partial charge in [0.1, 0.15) is 6.04 Å². The third-order valence-electron chi connectivity index (χ3n) is 2.34. The summed E-state index contributed by atoms with van der Waals surface area (Å²) in [6, 6.07) is 6.75. The van der Waals surface area contributed by atoms with Crippen molar-refractivity contribution in [3.63, 3.8) is 0 Å². The lowest BCUT2D eigenvalue weighted by Crippen LogP contribution is -2.32. The number of hydrogen-bond donors (Lipinski definition) is 2. The van der Waals surface area contributed by atoms with Crippen molar-refractivity contribution in [2.45, 2.75) is 18.7 Å². The molecule has 0 fully saturated rings. The van der Waals surface area contributed by atoms with Gasteiger partial charge in [-0.1, -0.05) is 6.07 Å². The van der Waals surface area contributed by atoms with Crippen LogP contribution in [0, 0.1) is 18.3 Å². The predicted molar refractivity (Wildman–Crippen MR) is 67.7 cm³/mol. The SMILES string of the molecule is Cc1cc(C#N)ccc1CSC[C@H](N)C(=O)O. The van der Waals surface area contributed by atoms with E-state index in [2.05, 4.69) is 6.07 Å². The Morgan fingerprint density at radius 2 is 2.35 bits per heavy atom. The molecule has 4 nitrogen and oxygen atoms in total. The Labute approximate surface area is 104 Å². The summed E-state index contributed by atoms with van der Waals surface area (Å²) < 4.78 is 0. The summed E-state index contributed by atoms with van der Waals surface area (Å²) in [5.74, 6) is 0.113. The highest BCUT2D eigenvalue weighted by Crippen LogP contribution is 2.17. The minimum Gasteiger partial charge on any atom is -0.480 e. The Balaban J connectivity index is 2.53. The molecule has 0 bridgehead atoms. The van der Waals surface area contributed by atoms with Crippen LogP contribution in [0.4, 0.5) is 0 Å². The van der Waals surface area contributed by atoms with Gasteiger partial charge in [-0.15, -0.1) is 0 Å². The topological polar surface area (TPSA) is 87.1 Å². The van der Waals surface area contributed by atoms with Crippen LogP contribution >= 0.6 is 11.8 Å². The van der Waals surface area contributed by atoms with Gasteiger partial charge in [0.15, 0.2) is 0 Å². The van der Waals surface area contributed by atoms with E-state index in [4.69, 9.17) is 16.1 Å². The van der Waals surface area contributed by atoms with Crippen molar-refractivity contribution in [3.8, 4) is 6.07 Å². The van der Waals surface area contributed by atoms with E-state index in [9.17, 15) is 4.79 Å². The average molecular weight is 250 g/mol. The van der Waals surface area contributed by atoms with E-state index in [1.807, 2.05) is 19.1 Å². The smallest absolute Gasteiger partial charge is 0.321 e. The van der Waals surface area contributed by atoms with E-state index in [0.717, 1.165) is 11.1 Å². The van der Waals surface area contributed by atoms with E-state index in [-0.39, 0.29) is 0 Å². The van der Waals surface area contributed by atoms with Gasteiger partial charge in [0, 0.05) is 11.5 Å². The zero-order chi connectivity index (χ0) is 12.8. The number of aliphatic carboxylic acids is 1. The van der Waals surface area contributed by atoms with Gasteiger partial charge in [-0.2, -0.15) is 17.0 Å². The number of benzene rings is 1. The molecule has 5 heteroatoms. The van der Waals surface area contributed by atoms with E-state index in [1.165, 1.54) is 11.8 Å². The lowest BCUT2D eigenvalue weighted by molar-refractivity contribution is -0.137. The maximum atomic E-state index is 10.5. The molecule has 0 aliphatic rings. The van der Waals surface area contributed by atoms with Gasteiger partial charge in [0.2, 0.25) is 0 Å². The first kappa shape index (κ1) is 13.6.